The Kier molecular flexibility index (Phi) is 4.36. The topological polar surface area (TPSA) is 22.1 Å². The molecule has 1 atom stereocenters. The summed E-state index contributed by atoms with van der Waals surface area (Å²) in [4.78, 5) is 4.99. The second-order valence-corrected chi connectivity index (χ2v) is 5.67. The van der Waals surface area contributed by atoms with E-state index in [0.29, 0.717) is 4.83 Å². The van der Waals surface area contributed by atoms with Crippen molar-refractivity contribution < 1.29 is 4.74 Å². The van der Waals surface area contributed by atoms with E-state index < -0.39 is 0 Å². The first-order chi connectivity index (χ1) is 7.75. The lowest BCUT2D eigenvalue weighted by Gasteiger charge is -2.26. The Bertz CT molecular complexity index is 319. The Morgan fingerprint density at radius 2 is 2.19 bits per heavy atom. The van der Waals surface area contributed by atoms with E-state index in [-0.39, 0.29) is 0 Å². The number of ether oxygens (including phenoxy) is 1. The van der Waals surface area contributed by atoms with Gasteiger partial charge in [-0.1, -0.05) is 22.0 Å². The minimum atomic E-state index is 0.534. The summed E-state index contributed by atoms with van der Waals surface area (Å²) in [5.41, 5.74) is 2.40. The van der Waals surface area contributed by atoms with Crippen LogP contribution in [0.25, 0.3) is 0 Å². The van der Waals surface area contributed by atoms with E-state index in [4.69, 9.17) is 4.74 Å². The predicted octanol–water partition coefficient (Wildman–Crippen LogP) is 3.12. The third-order valence-electron chi connectivity index (χ3n) is 3.15. The van der Waals surface area contributed by atoms with Crippen LogP contribution in [0.3, 0.4) is 0 Å². The average molecular weight is 284 g/mol. The molecule has 1 saturated heterocycles. The maximum absolute atomic E-state index is 5.38. The Labute approximate surface area is 106 Å². The first-order valence-electron chi connectivity index (χ1n) is 5.89. The van der Waals surface area contributed by atoms with Gasteiger partial charge < -0.3 is 4.74 Å². The highest BCUT2D eigenvalue weighted by molar-refractivity contribution is 9.09. The molecule has 1 aliphatic heterocycles. The molecular weight excluding hydrogens is 266 g/mol. The second-order valence-electron chi connectivity index (χ2n) is 4.50. The number of halogens is 1. The molecule has 1 unspecified atom stereocenters. The van der Waals surface area contributed by atoms with E-state index >= 15 is 0 Å². The maximum Gasteiger partial charge on any atom is 0.0469 e. The van der Waals surface area contributed by atoms with E-state index in [2.05, 4.69) is 40.0 Å². The lowest BCUT2D eigenvalue weighted by Crippen LogP contribution is -2.25. The summed E-state index contributed by atoms with van der Waals surface area (Å²) in [6.45, 7) is 3.89. The van der Waals surface area contributed by atoms with Crippen LogP contribution in [0.2, 0.25) is 0 Å². The molecule has 1 aromatic rings. The molecule has 0 saturated carbocycles. The number of hydrogen-bond donors (Lipinski definition) is 0. The number of hydrogen-bond acceptors (Lipinski definition) is 2. The van der Waals surface area contributed by atoms with Crippen LogP contribution in [0.15, 0.2) is 18.3 Å². The highest BCUT2D eigenvalue weighted by Gasteiger charge is 2.22. The van der Waals surface area contributed by atoms with Crippen molar-refractivity contribution in [2.45, 2.75) is 31.0 Å². The van der Waals surface area contributed by atoms with Gasteiger partial charge in [0.1, 0.15) is 0 Å². The van der Waals surface area contributed by atoms with Gasteiger partial charge in [0.25, 0.3) is 0 Å². The molecule has 3 heteroatoms. The molecule has 0 aliphatic carbocycles. The fraction of sp³-hybridized carbons (Fsp3) is 0.615. The third-order valence-corrected chi connectivity index (χ3v) is 4.23. The largest absolute Gasteiger partial charge is 0.381 e. The summed E-state index contributed by atoms with van der Waals surface area (Å²) >= 11 is 3.80. The monoisotopic (exact) mass is 283 g/mol. The highest BCUT2D eigenvalue weighted by atomic mass is 79.9. The lowest BCUT2D eigenvalue weighted by atomic mass is 9.94. The molecule has 1 fully saturated rings. The Morgan fingerprint density at radius 1 is 1.44 bits per heavy atom. The van der Waals surface area contributed by atoms with Gasteiger partial charge in [-0.05, 0) is 37.3 Å². The molecule has 0 aromatic carbocycles. The van der Waals surface area contributed by atoms with Crippen LogP contribution in [0.1, 0.15) is 24.1 Å². The molecular formula is C13H18BrNO. The Morgan fingerprint density at radius 3 is 2.81 bits per heavy atom. The van der Waals surface area contributed by atoms with Crippen molar-refractivity contribution >= 4 is 15.9 Å². The van der Waals surface area contributed by atoms with Crippen molar-refractivity contribution in [1.29, 1.82) is 0 Å². The Balaban J connectivity index is 1.90. The van der Waals surface area contributed by atoms with Crippen molar-refractivity contribution in [3.8, 4) is 0 Å². The van der Waals surface area contributed by atoms with Gasteiger partial charge in [-0.25, -0.2) is 0 Å². The van der Waals surface area contributed by atoms with Crippen molar-refractivity contribution in [3.63, 3.8) is 0 Å². The molecule has 0 bridgehead atoms. The van der Waals surface area contributed by atoms with Gasteiger partial charge in [-0.3, -0.25) is 4.98 Å². The quantitative estimate of drug-likeness (QED) is 0.796. The van der Waals surface area contributed by atoms with E-state index in [1.807, 2.05) is 6.20 Å². The standard InChI is InChI=1S/C13H18BrNO/c1-10-2-3-12(15-9-10)8-13(14)11-4-6-16-7-5-11/h2-3,9,11,13H,4-8H2,1H3. The number of aromatic nitrogens is 1. The summed E-state index contributed by atoms with van der Waals surface area (Å²) in [7, 11) is 0. The minimum absolute atomic E-state index is 0.534. The first kappa shape index (κ1) is 12.1. The third kappa shape index (κ3) is 3.29. The zero-order valence-electron chi connectivity index (χ0n) is 9.66. The number of pyridine rings is 1. The zero-order valence-corrected chi connectivity index (χ0v) is 11.2. The molecule has 0 radical (unpaired) electrons. The molecule has 2 nitrogen and oxygen atoms in total. The smallest absolute Gasteiger partial charge is 0.0469 e. The van der Waals surface area contributed by atoms with E-state index in [1.54, 1.807) is 0 Å². The average Bonchev–Trinajstić information content (AvgIpc) is 2.33. The van der Waals surface area contributed by atoms with Gasteiger partial charge in [0.15, 0.2) is 0 Å². The van der Waals surface area contributed by atoms with Crippen LogP contribution in [-0.2, 0) is 11.2 Å². The van der Waals surface area contributed by atoms with Crippen LogP contribution < -0.4 is 0 Å². The fourth-order valence-electron chi connectivity index (χ4n) is 2.06. The molecule has 16 heavy (non-hydrogen) atoms. The number of alkyl halides is 1. The Hall–Kier alpha value is -0.410. The lowest BCUT2D eigenvalue weighted by molar-refractivity contribution is 0.0662. The summed E-state index contributed by atoms with van der Waals surface area (Å²) in [5, 5.41) is 0. The summed E-state index contributed by atoms with van der Waals surface area (Å²) in [6, 6.07) is 4.26. The second kappa shape index (κ2) is 5.78. The molecule has 0 amide bonds. The van der Waals surface area contributed by atoms with Gasteiger partial charge in [0, 0.05) is 36.4 Å². The minimum Gasteiger partial charge on any atom is -0.381 e. The van der Waals surface area contributed by atoms with Gasteiger partial charge in [0.05, 0.1) is 0 Å². The summed E-state index contributed by atoms with van der Waals surface area (Å²) in [6.07, 6.45) is 5.30. The van der Waals surface area contributed by atoms with E-state index in [0.717, 1.165) is 25.6 Å². The summed E-state index contributed by atoms with van der Waals surface area (Å²) < 4.78 is 5.38. The summed E-state index contributed by atoms with van der Waals surface area (Å²) in [5.74, 6) is 0.733. The van der Waals surface area contributed by atoms with Crippen LogP contribution in [-0.4, -0.2) is 23.0 Å². The number of aryl methyl sites for hydroxylation is 1. The zero-order chi connectivity index (χ0) is 11.4. The van der Waals surface area contributed by atoms with Crippen LogP contribution in [0.4, 0.5) is 0 Å². The molecule has 88 valence electrons. The molecule has 0 N–H and O–H groups in total. The van der Waals surface area contributed by atoms with Crippen LogP contribution in [0, 0.1) is 12.8 Å². The highest BCUT2D eigenvalue weighted by Crippen LogP contribution is 2.26. The van der Waals surface area contributed by atoms with Gasteiger partial charge in [0.2, 0.25) is 0 Å². The maximum atomic E-state index is 5.38. The number of rotatable bonds is 3. The molecule has 1 aromatic heterocycles. The molecule has 2 rings (SSSR count). The molecule has 2 heterocycles. The van der Waals surface area contributed by atoms with Crippen molar-refractivity contribution in [2.75, 3.05) is 13.2 Å². The predicted molar refractivity (Wildman–Crippen MR) is 68.9 cm³/mol. The van der Waals surface area contributed by atoms with Gasteiger partial charge in [-0.2, -0.15) is 0 Å². The normalized spacial score (nSPS) is 19.6. The SMILES string of the molecule is Cc1ccc(CC(Br)C2CCOCC2)nc1. The van der Waals surface area contributed by atoms with Crippen LogP contribution in [0.5, 0.6) is 0 Å². The van der Waals surface area contributed by atoms with E-state index in [9.17, 15) is 0 Å². The van der Waals surface area contributed by atoms with Crippen LogP contribution >= 0.6 is 15.9 Å². The first-order valence-corrected chi connectivity index (χ1v) is 6.80. The molecule has 1 aliphatic rings. The van der Waals surface area contributed by atoms with E-state index in [1.165, 1.54) is 24.1 Å². The fourth-order valence-corrected chi connectivity index (χ4v) is 2.92. The van der Waals surface area contributed by atoms with Crippen molar-refractivity contribution in [2.24, 2.45) is 5.92 Å². The van der Waals surface area contributed by atoms with Crippen molar-refractivity contribution in [1.82, 2.24) is 4.98 Å². The van der Waals surface area contributed by atoms with Crippen molar-refractivity contribution in [3.05, 3.63) is 29.6 Å². The van der Waals surface area contributed by atoms with Gasteiger partial charge in [-0.15, -0.1) is 0 Å². The molecule has 0 spiro atoms. The van der Waals surface area contributed by atoms with Gasteiger partial charge >= 0.3 is 0 Å². The number of nitrogens with zero attached hydrogens (tertiary/aromatic N) is 1.